The van der Waals surface area contributed by atoms with E-state index in [1.807, 2.05) is 6.07 Å². The minimum Gasteiger partial charge on any atom is -0.272 e. The Balaban J connectivity index is 2.25. The molecule has 0 aliphatic carbocycles. The zero-order valence-corrected chi connectivity index (χ0v) is 10.6. The van der Waals surface area contributed by atoms with Crippen LogP contribution in [0.2, 0.25) is 0 Å². The Morgan fingerprint density at radius 1 is 1.19 bits per heavy atom. The van der Waals surface area contributed by atoms with Gasteiger partial charge in [0.2, 0.25) is 0 Å². The fraction of sp³-hybridized carbons (Fsp3) is 0.583. The number of hydrogen-bond donors (Lipinski definition) is 0. The maximum Gasteiger partial charge on any atom is 0.184 e. The van der Waals surface area contributed by atoms with Crippen molar-refractivity contribution in [2.24, 2.45) is 4.99 Å². The molecule has 0 N–H and O–H groups in total. The van der Waals surface area contributed by atoms with Gasteiger partial charge in [-0.3, -0.25) is 4.99 Å². The maximum atomic E-state index is 4.71. The molecule has 1 aliphatic heterocycles. The molecule has 0 fully saturated rings. The second-order valence-corrected chi connectivity index (χ2v) is 5.64. The van der Waals surface area contributed by atoms with E-state index in [1.54, 1.807) is 24.2 Å². The SMILES string of the molecule is CC1CCCC(C)S/C(c2ncccn2)=N\1. The number of hydrogen-bond acceptors (Lipinski definition) is 4. The first-order valence-electron chi connectivity index (χ1n) is 5.77. The molecule has 0 radical (unpaired) electrons. The third kappa shape index (κ3) is 3.04. The molecule has 1 aromatic heterocycles. The standard InChI is InChI=1S/C12H17N3S/c1-9-5-3-6-10(2)16-12(15-9)11-13-7-4-8-14-11/h4,7-10H,3,5-6H2,1-2H3/b15-12-. The lowest BCUT2D eigenvalue weighted by Crippen LogP contribution is -2.14. The molecule has 2 unspecified atom stereocenters. The maximum absolute atomic E-state index is 4.71. The van der Waals surface area contributed by atoms with Gasteiger partial charge in [-0.2, -0.15) is 0 Å². The summed E-state index contributed by atoms with van der Waals surface area (Å²) in [6.07, 6.45) is 7.24. The summed E-state index contributed by atoms with van der Waals surface area (Å²) in [5, 5.41) is 1.61. The van der Waals surface area contributed by atoms with E-state index in [0.29, 0.717) is 11.3 Å². The van der Waals surface area contributed by atoms with Gasteiger partial charge in [0.25, 0.3) is 0 Å². The molecule has 0 saturated carbocycles. The van der Waals surface area contributed by atoms with Crippen LogP contribution in [0.5, 0.6) is 0 Å². The van der Waals surface area contributed by atoms with Gasteiger partial charge in [0, 0.05) is 23.7 Å². The Labute approximate surface area is 101 Å². The van der Waals surface area contributed by atoms with Gasteiger partial charge in [0.1, 0.15) is 5.04 Å². The van der Waals surface area contributed by atoms with Gasteiger partial charge >= 0.3 is 0 Å². The second-order valence-electron chi connectivity index (χ2n) is 4.22. The zero-order valence-electron chi connectivity index (χ0n) is 9.76. The third-order valence-electron chi connectivity index (χ3n) is 2.64. The van der Waals surface area contributed by atoms with Crippen LogP contribution in [0.15, 0.2) is 23.5 Å². The monoisotopic (exact) mass is 235 g/mol. The highest BCUT2D eigenvalue weighted by Crippen LogP contribution is 2.25. The first-order valence-corrected chi connectivity index (χ1v) is 6.65. The lowest BCUT2D eigenvalue weighted by molar-refractivity contribution is 0.596. The van der Waals surface area contributed by atoms with Crippen LogP contribution >= 0.6 is 11.8 Å². The molecule has 86 valence electrons. The average molecular weight is 235 g/mol. The van der Waals surface area contributed by atoms with E-state index in [1.165, 1.54) is 19.3 Å². The first kappa shape index (κ1) is 11.6. The van der Waals surface area contributed by atoms with Crippen molar-refractivity contribution in [2.45, 2.75) is 44.4 Å². The van der Waals surface area contributed by atoms with E-state index in [2.05, 4.69) is 23.8 Å². The summed E-state index contributed by atoms with van der Waals surface area (Å²) in [4.78, 5) is 13.3. The van der Waals surface area contributed by atoms with Gasteiger partial charge in [-0.05, 0) is 25.8 Å². The molecule has 0 bridgehead atoms. The molecule has 1 aliphatic rings. The largest absolute Gasteiger partial charge is 0.272 e. The molecule has 0 saturated heterocycles. The fourth-order valence-corrected chi connectivity index (χ4v) is 2.88. The zero-order chi connectivity index (χ0) is 11.4. The van der Waals surface area contributed by atoms with Crippen LogP contribution in [-0.4, -0.2) is 26.3 Å². The topological polar surface area (TPSA) is 38.1 Å². The number of rotatable bonds is 1. The predicted molar refractivity (Wildman–Crippen MR) is 68.9 cm³/mol. The van der Waals surface area contributed by atoms with Gasteiger partial charge in [0.15, 0.2) is 5.82 Å². The van der Waals surface area contributed by atoms with Gasteiger partial charge < -0.3 is 0 Å². The normalized spacial score (nSPS) is 30.0. The summed E-state index contributed by atoms with van der Waals surface area (Å²) in [7, 11) is 0. The molecule has 4 heteroatoms. The first-order chi connectivity index (χ1) is 7.75. The molecule has 3 nitrogen and oxygen atoms in total. The molecular weight excluding hydrogens is 218 g/mol. The summed E-state index contributed by atoms with van der Waals surface area (Å²) >= 11 is 1.80. The van der Waals surface area contributed by atoms with Crippen LogP contribution in [0.1, 0.15) is 38.9 Å². The van der Waals surface area contributed by atoms with Crippen LogP contribution in [0.25, 0.3) is 0 Å². The van der Waals surface area contributed by atoms with Crippen LogP contribution in [0.3, 0.4) is 0 Å². The van der Waals surface area contributed by atoms with E-state index in [4.69, 9.17) is 4.99 Å². The Kier molecular flexibility index (Phi) is 3.93. The van der Waals surface area contributed by atoms with Gasteiger partial charge in [0.05, 0.1) is 0 Å². The van der Waals surface area contributed by atoms with Crippen LogP contribution in [-0.2, 0) is 0 Å². The van der Waals surface area contributed by atoms with Crippen LogP contribution in [0, 0.1) is 0 Å². The average Bonchev–Trinajstić information content (AvgIpc) is 2.27. The summed E-state index contributed by atoms with van der Waals surface area (Å²) in [5.74, 6) is 0.771. The Hall–Kier alpha value is -0.900. The summed E-state index contributed by atoms with van der Waals surface area (Å²) in [6, 6.07) is 2.23. The van der Waals surface area contributed by atoms with Crippen molar-refractivity contribution in [2.75, 3.05) is 0 Å². The molecule has 2 heterocycles. The van der Waals surface area contributed by atoms with Gasteiger partial charge in [-0.1, -0.05) is 25.1 Å². The summed E-state index contributed by atoms with van der Waals surface area (Å²) < 4.78 is 0. The molecule has 0 aromatic carbocycles. The number of aromatic nitrogens is 2. The molecule has 2 rings (SSSR count). The Morgan fingerprint density at radius 2 is 1.94 bits per heavy atom. The lowest BCUT2D eigenvalue weighted by atomic mass is 10.1. The van der Waals surface area contributed by atoms with Gasteiger partial charge in [-0.15, -0.1) is 0 Å². The highest BCUT2D eigenvalue weighted by molar-refractivity contribution is 8.14. The Morgan fingerprint density at radius 3 is 2.69 bits per heavy atom. The highest BCUT2D eigenvalue weighted by atomic mass is 32.2. The number of aliphatic imine (C=N–C) groups is 1. The number of thioether (sulfide) groups is 1. The second kappa shape index (κ2) is 5.43. The van der Waals surface area contributed by atoms with Crippen molar-refractivity contribution in [1.29, 1.82) is 0 Å². The van der Waals surface area contributed by atoms with Gasteiger partial charge in [-0.25, -0.2) is 9.97 Å². The smallest absolute Gasteiger partial charge is 0.184 e. The molecular formula is C12H17N3S. The van der Waals surface area contributed by atoms with Crippen LogP contribution < -0.4 is 0 Å². The molecule has 1 aromatic rings. The Bertz CT molecular complexity index is 364. The van der Waals surface area contributed by atoms with Crippen molar-refractivity contribution in [3.05, 3.63) is 24.3 Å². The fourth-order valence-electron chi connectivity index (χ4n) is 1.77. The minimum absolute atomic E-state index is 0.388. The van der Waals surface area contributed by atoms with Crippen molar-refractivity contribution in [1.82, 2.24) is 9.97 Å². The van der Waals surface area contributed by atoms with Crippen molar-refractivity contribution in [3.63, 3.8) is 0 Å². The predicted octanol–water partition coefficient (Wildman–Crippen LogP) is 2.92. The molecule has 2 atom stereocenters. The summed E-state index contributed by atoms with van der Waals surface area (Å²) in [6.45, 7) is 4.42. The van der Waals surface area contributed by atoms with Crippen molar-refractivity contribution < 1.29 is 0 Å². The molecule has 0 amide bonds. The summed E-state index contributed by atoms with van der Waals surface area (Å²) in [5.41, 5.74) is 0. The quantitative estimate of drug-likeness (QED) is 0.751. The van der Waals surface area contributed by atoms with Crippen molar-refractivity contribution >= 4 is 16.8 Å². The van der Waals surface area contributed by atoms with Crippen LogP contribution in [0.4, 0.5) is 0 Å². The van der Waals surface area contributed by atoms with E-state index in [9.17, 15) is 0 Å². The number of nitrogens with zero attached hydrogens (tertiary/aromatic N) is 3. The van der Waals surface area contributed by atoms with E-state index < -0.39 is 0 Å². The third-order valence-corrected chi connectivity index (χ3v) is 3.79. The highest BCUT2D eigenvalue weighted by Gasteiger charge is 2.16. The van der Waals surface area contributed by atoms with E-state index in [-0.39, 0.29) is 0 Å². The molecule has 16 heavy (non-hydrogen) atoms. The van der Waals surface area contributed by atoms with E-state index >= 15 is 0 Å². The van der Waals surface area contributed by atoms with Crippen molar-refractivity contribution in [3.8, 4) is 0 Å². The lowest BCUT2D eigenvalue weighted by Gasteiger charge is -2.18. The van der Waals surface area contributed by atoms with E-state index in [0.717, 1.165) is 10.9 Å². The molecule has 0 spiro atoms. The minimum atomic E-state index is 0.388.